The predicted octanol–water partition coefficient (Wildman–Crippen LogP) is 0.913. The van der Waals surface area contributed by atoms with Crippen molar-refractivity contribution in [2.24, 2.45) is 5.92 Å². The van der Waals surface area contributed by atoms with Gasteiger partial charge >= 0.3 is 0 Å². The summed E-state index contributed by atoms with van der Waals surface area (Å²) in [5.74, 6) is 1.16. The van der Waals surface area contributed by atoms with Crippen LogP contribution in [-0.2, 0) is 9.53 Å². The lowest BCUT2D eigenvalue weighted by atomic mass is 10.1. The average Bonchev–Trinajstić information content (AvgIpc) is 2.18. The van der Waals surface area contributed by atoms with Gasteiger partial charge in [-0.1, -0.05) is 11.8 Å². The molecule has 0 radical (unpaired) electrons. The minimum Gasteiger partial charge on any atom is -0.384 e. The van der Waals surface area contributed by atoms with E-state index in [1.54, 1.807) is 7.11 Å². The fraction of sp³-hybridized carbons (Fsp3) is 0.833. The molecule has 0 saturated carbocycles. The van der Waals surface area contributed by atoms with Crippen molar-refractivity contribution in [3.8, 4) is 0 Å². The lowest BCUT2D eigenvalue weighted by Crippen LogP contribution is -2.10. The van der Waals surface area contributed by atoms with Gasteiger partial charge < -0.3 is 4.74 Å². The third kappa shape index (κ3) is 1.69. The summed E-state index contributed by atoms with van der Waals surface area (Å²) in [7, 11) is 1.64. The van der Waals surface area contributed by atoms with E-state index in [1.165, 1.54) is 11.8 Å². The van der Waals surface area contributed by atoms with E-state index in [9.17, 15) is 4.79 Å². The smallest absolute Gasteiger partial charge is 0.194 e. The standard InChI is InChI=1S/C6H10O2S/c1-8-4-5-2-3-9-6(5)7/h5H,2-4H2,1H3. The molecule has 0 aromatic heterocycles. The largest absolute Gasteiger partial charge is 0.384 e. The van der Waals surface area contributed by atoms with E-state index in [-0.39, 0.29) is 5.92 Å². The van der Waals surface area contributed by atoms with Crippen LogP contribution in [0.15, 0.2) is 0 Å². The zero-order valence-electron chi connectivity index (χ0n) is 5.42. The molecule has 52 valence electrons. The molecular formula is C6H10O2S. The van der Waals surface area contributed by atoms with Crippen molar-refractivity contribution in [3.63, 3.8) is 0 Å². The van der Waals surface area contributed by atoms with E-state index in [2.05, 4.69) is 0 Å². The van der Waals surface area contributed by atoms with Crippen molar-refractivity contribution >= 4 is 16.9 Å². The van der Waals surface area contributed by atoms with Gasteiger partial charge in [0.05, 0.1) is 12.5 Å². The number of hydrogen-bond donors (Lipinski definition) is 0. The van der Waals surface area contributed by atoms with Crippen molar-refractivity contribution in [1.82, 2.24) is 0 Å². The monoisotopic (exact) mass is 146 g/mol. The van der Waals surface area contributed by atoms with Gasteiger partial charge in [0.2, 0.25) is 0 Å². The Morgan fingerprint density at radius 2 is 2.67 bits per heavy atom. The summed E-state index contributed by atoms with van der Waals surface area (Å²) in [6, 6.07) is 0. The predicted molar refractivity (Wildman–Crippen MR) is 37.4 cm³/mol. The molecule has 0 amide bonds. The van der Waals surface area contributed by atoms with Crippen LogP contribution in [0.2, 0.25) is 0 Å². The first-order chi connectivity index (χ1) is 4.34. The zero-order valence-corrected chi connectivity index (χ0v) is 6.24. The van der Waals surface area contributed by atoms with Crippen LogP contribution in [0.3, 0.4) is 0 Å². The Bertz CT molecular complexity index is 114. The third-order valence-corrected chi connectivity index (χ3v) is 2.47. The molecular weight excluding hydrogens is 136 g/mol. The van der Waals surface area contributed by atoms with E-state index in [0.717, 1.165) is 12.2 Å². The summed E-state index contributed by atoms with van der Waals surface area (Å²) in [5, 5.41) is 0.303. The normalized spacial score (nSPS) is 27.2. The molecule has 1 aliphatic heterocycles. The Balaban J connectivity index is 2.31. The Morgan fingerprint density at radius 3 is 3.11 bits per heavy atom. The summed E-state index contributed by atoms with van der Waals surface area (Å²) in [4.78, 5) is 10.8. The van der Waals surface area contributed by atoms with Gasteiger partial charge in [-0.3, -0.25) is 4.79 Å². The second-order valence-corrected chi connectivity index (χ2v) is 3.21. The van der Waals surface area contributed by atoms with Crippen LogP contribution in [-0.4, -0.2) is 24.6 Å². The molecule has 1 heterocycles. The lowest BCUT2D eigenvalue weighted by molar-refractivity contribution is -0.115. The molecule has 1 rings (SSSR count). The molecule has 2 nitrogen and oxygen atoms in total. The van der Waals surface area contributed by atoms with Crippen molar-refractivity contribution in [2.45, 2.75) is 6.42 Å². The van der Waals surface area contributed by atoms with Crippen molar-refractivity contribution in [2.75, 3.05) is 19.5 Å². The summed E-state index contributed by atoms with van der Waals surface area (Å²) in [5.41, 5.74) is 0. The quantitative estimate of drug-likeness (QED) is 0.579. The number of ether oxygens (including phenoxy) is 1. The van der Waals surface area contributed by atoms with Crippen molar-refractivity contribution < 1.29 is 9.53 Å². The summed E-state index contributed by atoms with van der Waals surface area (Å²) in [6.07, 6.45) is 0.997. The molecule has 0 N–H and O–H groups in total. The maximum atomic E-state index is 10.8. The van der Waals surface area contributed by atoms with Gasteiger partial charge in [-0.2, -0.15) is 0 Å². The van der Waals surface area contributed by atoms with Gasteiger partial charge in [-0.15, -0.1) is 0 Å². The van der Waals surface area contributed by atoms with E-state index < -0.39 is 0 Å². The van der Waals surface area contributed by atoms with E-state index in [0.29, 0.717) is 11.7 Å². The van der Waals surface area contributed by atoms with Crippen LogP contribution in [0.1, 0.15) is 6.42 Å². The first kappa shape index (κ1) is 7.09. The Morgan fingerprint density at radius 1 is 1.89 bits per heavy atom. The molecule has 0 aromatic rings. The highest BCUT2D eigenvalue weighted by atomic mass is 32.2. The van der Waals surface area contributed by atoms with Crippen LogP contribution in [0.4, 0.5) is 0 Å². The highest BCUT2D eigenvalue weighted by Gasteiger charge is 2.24. The third-order valence-electron chi connectivity index (χ3n) is 1.41. The summed E-state index contributed by atoms with van der Waals surface area (Å²) in [6.45, 7) is 0.603. The number of thioether (sulfide) groups is 1. The number of rotatable bonds is 2. The fourth-order valence-corrected chi connectivity index (χ4v) is 1.92. The lowest BCUT2D eigenvalue weighted by Gasteiger charge is -2.02. The van der Waals surface area contributed by atoms with E-state index >= 15 is 0 Å². The van der Waals surface area contributed by atoms with Crippen LogP contribution >= 0.6 is 11.8 Å². The summed E-state index contributed by atoms with van der Waals surface area (Å²) >= 11 is 1.43. The Kier molecular flexibility index (Phi) is 2.54. The van der Waals surface area contributed by atoms with Gasteiger partial charge in [0.25, 0.3) is 0 Å². The SMILES string of the molecule is COCC1CCSC1=O. The molecule has 0 bridgehead atoms. The maximum Gasteiger partial charge on any atom is 0.194 e. The zero-order chi connectivity index (χ0) is 6.69. The molecule has 3 heteroatoms. The van der Waals surface area contributed by atoms with Crippen LogP contribution in [0, 0.1) is 5.92 Å². The summed E-state index contributed by atoms with van der Waals surface area (Å²) < 4.78 is 4.86. The van der Waals surface area contributed by atoms with Gasteiger partial charge in [0.15, 0.2) is 5.12 Å². The average molecular weight is 146 g/mol. The molecule has 0 aliphatic carbocycles. The van der Waals surface area contributed by atoms with Gasteiger partial charge in [0.1, 0.15) is 0 Å². The van der Waals surface area contributed by atoms with Crippen LogP contribution < -0.4 is 0 Å². The molecule has 1 saturated heterocycles. The Hall–Kier alpha value is -0.0200. The first-order valence-corrected chi connectivity index (χ1v) is 3.98. The highest BCUT2D eigenvalue weighted by Crippen LogP contribution is 2.25. The number of carbonyl (C=O) groups excluding carboxylic acids is 1. The minimum absolute atomic E-state index is 0.181. The molecule has 0 aromatic carbocycles. The molecule has 1 unspecified atom stereocenters. The number of methoxy groups -OCH3 is 1. The highest BCUT2D eigenvalue weighted by molar-refractivity contribution is 8.14. The van der Waals surface area contributed by atoms with Crippen molar-refractivity contribution in [3.05, 3.63) is 0 Å². The van der Waals surface area contributed by atoms with Gasteiger partial charge in [-0.25, -0.2) is 0 Å². The second kappa shape index (κ2) is 3.22. The van der Waals surface area contributed by atoms with Gasteiger partial charge in [0, 0.05) is 12.9 Å². The minimum atomic E-state index is 0.181. The topological polar surface area (TPSA) is 26.3 Å². The molecule has 1 fully saturated rings. The number of carbonyl (C=O) groups is 1. The molecule has 0 spiro atoms. The van der Waals surface area contributed by atoms with Gasteiger partial charge in [-0.05, 0) is 6.42 Å². The second-order valence-electron chi connectivity index (χ2n) is 2.11. The van der Waals surface area contributed by atoms with Crippen molar-refractivity contribution in [1.29, 1.82) is 0 Å². The van der Waals surface area contributed by atoms with Crippen LogP contribution in [0.25, 0.3) is 0 Å². The van der Waals surface area contributed by atoms with E-state index in [4.69, 9.17) is 4.74 Å². The molecule has 1 atom stereocenters. The maximum absolute atomic E-state index is 10.8. The van der Waals surface area contributed by atoms with Crippen LogP contribution in [0.5, 0.6) is 0 Å². The fourth-order valence-electron chi connectivity index (χ4n) is 0.890. The van der Waals surface area contributed by atoms with E-state index in [1.807, 2.05) is 0 Å². The molecule has 1 aliphatic rings. The molecule has 9 heavy (non-hydrogen) atoms. The first-order valence-electron chi connectivity index (χ1n) is 3.00. The Labute approximate surface area is 59.0 Å². The number of hydrogen-bond acceptors (Lipinski definition) is 3.